The number of amides is 2. The van der Waals surface area contributed by atoms with Crippen molar-refractivity contribution in [2.75, 3.05) is 13.7 Å². The molecule has 0 radical (unpaired) electrons. The number of sulfonamides is 1. The maximum atomic E-state index is 13.9. The molecule has 1 aromatic heterocycles. The molecule has 0 unspecified atom stereocenters. The van der Waals surface area contributed by atoms with Crippen molar-refractivity contribution in [1.29, 1.82) is 0 Å². The van der Waals surface area contributed by atoms with Gasteiger partial charge in [-0.05, 0) is 78.4 Å². The lowest BCUT2D eigenvalue weighted by molar-refractivity contribution is 0.241. The normalized spacial score (nSPS) is 14.2. The molecule has 0 spiro atoms. The van der Waals surface area contributed by atoms with Crippen LogP contribution in [0.1, 0.15) is 62.8 Å². The number of aromatic nitrogens is 2. The van der Waals surface area contributed by atoms with Gasteiger partial charge in [-0.15, -0.1) is 0 Å². The van der Waals surface area contributed by atoms with E-state index in [1.807, 2.05) is 16.7 Å². The number of rotatable bonds is 11. The number of methoxy groups -OCH3 is 1. The highest BCUT2D eigenvalue weighted by Gasteiger charge is 2.30. The third-order valence-electron chi connectivity index (χ3n) is 8.52. The minimum absolute atomic E-state index is 0.112. The number of carbonyl (C=O) groups excluding carboxylic acids is 1. The van der Waals surface area contributed by atoms with Gasteiger partial charge in [0.05, 0.1) is 28.9 Å². The first-order valence-corrected chi connectivity index (χ1v) is 18.5. The number of ether oxygens (including phenoxy) is 1. The summed E-state index contributed by atoms with van der Waals surface area (Å²) in [7, 11) is -2.57. The molecular formula is C34H37Cl2FN4O4S2. The molecule has 250 valence electrons. The van der Waals surface area contributed by atoms with Crippen molar-refractivity contribution in [2.24, 2.45) is 5.92 Å². The molecule has 2 amide bonds. The molecule has 1 heterocycles. The van der Waals surface area contributed by atoms with Crippen molar-refractivity contribution in [3.05, 3.63) is 99.5 Å². The molecule has 0 bridgehead atoms. The molecule has 4 aromatic rings. The van der Waals surface area contributed by atoms with Gasteiger partial charge in [-0.1, -0.05) is 80.2 Å². The predicted octanol–water partition coefficient (Wildman–Crippen LogP) is 8.51. The topological polar surface area (TPSA) is 102 Å². The van der Waals surface area contributed by atoms with E-state index in [-0.39, 0.29) is 15.7 Å². The molecule has 5 rings (SSSR count). The number of urea groups is 1. The van der Waals surface area contributed by atoms with Gasteiger partial charge in [0.2, 0.25) is 0 Å². The average Bonchev–Trinajstić information content (AvgIpc) is 3.49. The summed E-state index contributed by atoms with van der Waals surface area (Å²) >= 11 is 14.3. The van der Waals surface area contributed by atoms with E-state index in [1.165, 1.54) is 42.4 Å². The summed E-state index contributed by atoms with van der Waals surface area (Å²) < 4.78 is 49.3. The molecule has 1 aliphatic carbocycles. The summed E-state index contributed by atoms with van der Waals surface area (Å²) in [6.07, 6.45) is 7.30. The number of nitrogens with one attached hydrogen (secondary N) is 2. The number of nitrogens with zero attached hydrogens (tertiary/aromatic N) is 2. The molecule has 8 nitrogen and oxygen atoms in total. The van der Waals surface area contributed by atoms with E-state index in [1.54, 1.807) is 37.6 Å². The van der Waals surface area contributed by atoms with Crippen LogP contribution < -0.4 is 14.8 Å². The van der Waals surface area contributed by atoms with E-state index in [2.05, 4.69) is 23.9 Å². The van der Waals surface area contributed by atoms with Gasteiger partial charge in [0.15, 0.2) is 5.16 Å². The summed E-state index contributed by atoms with van der Waals surface area (Å²) in [6, 6.07) is 15.4. The van der Waals surface area contributed by atoms with Crippen molar-refractivity contribution in [3.63, 3.8) is 0 Å². The fourth-order valence-electron chi connectivity index (χ4n) is 5.71. The zero-order valence-electron chi connectivity index (χ0n) is 26.4. The van der Waals surface area contributed by atoms with Gasteiger partial charge in [0, 0.05) is 28.4 Å². The van der Waals surface area contributed by atoms with Gasteiger partial charge in [0.25, 0.3) is 10.0 Å². The number of carbonyl (C=O) groups is 1. The SMILES string of the molecule is COc1cc(C(C)(C)c2cnc(SCc3ccc(S(=O)(=O)NC(=O)NCC4CCCCC4)cc3Cl)n2-c2ccc(F)cc2)ccc1Cl. The molecule has 0 saturated heterocycles. The highest BCUT2D eigenvalue weighted by atomic mass is 35.5. The quantitative estimate of drug-likeness (QED) is 0.151. The van der Waals surface area contributed by atoms with Crippen LogP contribution >= 0.6 is 35.0 Å². The van der Waals surface area contributed by atoms with Gasteiger partial charge in [-0.25, -0.2) is 27.3 Å². The summed E-state index contributed by atoms with van der Waals surface area (Å²) in [6.45, 7) is 4.56. The standard InChI is InChI=1S/C34H37Cl2FN4O4S2/c1-34(2,24-10-16-28(35)30(17-24)45-3)31-20-39-33(41(31)26-13-11-25(37)12-14-26)46-21-23-9-15-27(18-29(23)36)47(43,44)40-32(42)38-19-22-7-5-4-6-8-22/h9-18,20,22H,4-8,19,21H2,1-3H3,(H2,38,40,42). The largest absolute Gasteiger partial charge is 0.495 e. The van der Waals surface area contributed by atoms with Crippen molar-refractivity contribution in [3.8, 4) is 11.4 Å². The fourth-order valence-corrected chi connectivity index (χ4v) is 8.25. The predicted molar refractivity (Wildman–Crippen MR) is 185 cm³/mol. The minimum Gasteiger partial charge on any atom is -0.495 e. The van der Waals surface area contributed by atoms with Crippen molar-refractivity contribution < 1.29 is 22.3 Å². The first-order chi connectivity index (χ1) is 22.4. The van der Waals surface area contributed by atoms with Crippen LogP contribution in [0.2, 0.25) is 10.0 Å². The van der Waals surface area contributed by atoms with E-state index < -0.39 is 21.5 Å². The Bertz CT molecular complexity index is 1840. The van der Waals surface area contributed by atoms with Crippen LogP contribution in [0.25, 0.3) is 5.69 Å². The number of imidazole rings is 1. The highest BCUT2D eigenvalue weighted by Crippen LogP contribution is 2.39. The molecule has 3 aromatic carbocycles. The van der Waals surface area contributed by atoms with Crippen molar-refractivity contribution in [1.82, 2.24) is 19.6 Å². The van der Waals surface area contributed by atoms with Crippen LogP contribution in [0.3, 0.4) is 0 Å². The van der Waals surface area contributed by atoms with Crippen LogP contribution in [0.15, 0.2) is 76.9 Å². The zero-order valence-corrected chi connectivity index (χ0v) is 29.5. The fraction of sp³-hybridized carbons (Fsp3) is 0.353. The Morgan fingerprint density at radius 1 is 1.04 bits per heavy atom. The van der Waals surface area contributed by atoms with Crippen LogP contribution in [0.5, 0.6) is 5.75 Å². The summed E-state index contributed by atoms with van der Waals surface area (Å²) in [4.78, 5) is 17.0. The second kappa shape index (κ2) is 14.9. The Morgan fingerprint density at radius 3 is 2.45 bits per heavy atom. The van der Waals surface area contributed by atoms with Crippen molar-refractivity contribution in [2.45, 2.75) is 67.2 Å². The average molecular weight is 720 g/mol. The van der Waals surface area contributed by atoms with Crippen molar-refractivity contribution >= 4 is 51.0 Å². The second-order valence-electron chi connectivity index (χ2n) is 12.1. The van der Waals surface area contributed by atoms with Crippen LogP contribution in [-0.2, 0) is 21.2 Å². The lowest BCUT2D eigenvalue weighted by Gasteiger charge is -2.28. The maximum Gasteiger partial charge on any atom is 0.328 e. The van der Waals surface area contributed by atoms with E-state index in [0.29, 0.717) is 39.7 Å². The Hall–Kier alpha value is -3.25. The second-order valence-corrected chi connectivity index (χ2v) is 15.5. The third kappa shape index (κ3) is 8.25. The third-order valence-corrected chi connectivity index (χ3v) is 11.5. The van der Waals surface area contributed by atoms with Gasteiger partial charge < -0.3 is 10.1 Å². The zero-order chi connectivity index (χ0) is 33.8. The maximum absolute atomic E-state index is 13.9. The summed E-state index contributed by atoms with van der Waals surface area (Å²) in [5.41, 5.74) is 2.61. The van der Waals surface area contributed by atoms with Gasteiger partial charge in [0.1, 0.15) is 11.6 Å². The van der Waals surface area contributed by atoms with E-state index in [0.717, 1.165) is 42.6 Å². The monoisotopic (exact) mass is 718 g/mol. The molecule has 13 heteroatoms. The molecular weight excluding hydrogens is 682 g/mol. The molecule has 0 atom stereocenters. The molecule has 0 aliphatic heterocycles. The lowest BCUT2D eigenvalue weighted by Crippen LogP contribution is -2.41. The Balaban J connectivity index is 1.35. The van der Waals surface area contributed by atoms with Gasteiger partial charge >= 0.3 is 6.03 Å². The minimum atomic E-state index is -4.13. The Kier molecular flexibility index (Phi) is 11.1. The highest BCUT2D eigenvalue weighted by molar-refractivity contribution is 7.98. The number of halogens is 3. The number of hydrogen-bond donors (Lipinski definition) is 2. The van der Waals surface area contributed by atoms with E-state index >= 15 is 0 Å². The Morgan fingerprint density at radius 2 is 1.77 bits per heavy atom. The summed E-state index contributed by atoms with van der Waals surface area (Å²) in [5, 5.41) is 4.05. The number of thioether (sulfide) groups is 1. The van der Waals surface area contributed by atoms with Gasteiger partial charge in [-0.2, -0.15) is 0 Å². The van der Waals surface area contributed by atoms with Crippen LogP contribution in [-0.4, -0.2) is 37.7 Å². The first kappa shape index (κ1) is 35.1. The molecule has 1 aliphatic rings. The Labute approximate surface area is 289 Å². The summed E-state index contributed by atoms with van der Waals surface area (Å²) in [5.74, 6) is 0.922. The van der Waals surface area contributed by atoms with E-state index in [9.17, 15) is 17.6 Å². The molecule has 2 N–H and O–H groups in total. The van der Waals surface area contributed by atoms with Crippen LogP contribution in [0.4, 0.5) is 9.18 Å². The van der Waals surface area contributed by atoms with E-state index in [4.69, 9.17) is 32.9 Å². The number of hydrogen-bond acceptors (Lipinski definition) is 6. The van der Waals surface area contributed by atoms with Crippen LogP contribution in [0, 0.1) is 11.7 Å². The molecule has 1 fully saturated rings. The molecule has 47 heavy (non-hydrogen) atoms. The first-order valence-electron chi connectivity index (χ1n) is 15.3. The number of benzene rings is 3. The smallest absolute Gasteiger partial charge is 0.328 e. The van der Waals surface area contributed by atoms with Gasteiger partial charge in [-0.3, -0.25) is 4.57 Å². The lowest BCUT2D eigenvalue weighted by atomic mass is 9.81. The molecule has 1 saturated carbocycles.